The molecule has 1 aliphatic heterocycles. The Kier molecular flexibility index (Phi) is 4.18. The highest BCUT2D eigenvalue weighted by atomic mass is 15.3. The van der Waals surface area contributed by atoms with Crippen LogP contribution in [0, 0.1) is 6.92 Å². The summed E-state index contributed by atoms with van der Waals surface area (Å²) in [6.07, 6.45) is 4.65. The van der Waals surface area contributed by atoms with Crippen molar-refractivity contribution in [2.75, 3.05) is 19.6 Å². The number of aryl methyl sites for hydroxylation is 1. The summed E-state index contributed by atoms with van der Waals surface area (Å²) in [7, 11) is 2.01. The Morgan fingerprint density at radius 3 is 2.94 bits per heavy atom. The number of nitrogens with zero attached hydrogens (tertiary/aromatic N) is 3. The van der Waals surface area contributed by atoms with Crippen LogP contribution in [0.15, 0.2) is 6.20 Å². The van der Waals surface area contributed by atoms with E-state index in [1.807, 2.05) is 17.9 Å². The number of rotatable bonds is 5. The van der Waals surface area contributed by atoms with Crippen molar-refractivity contribution < 1.29 is 0 Å². The highest BCUT2D eigenvalue weighted by molar-refractivity contribution is 5.15. The maximum absolute atomic E-state index is 4.31. The van der Waals surface area contributed by atoms with Gasteiger partial charge in [0.2, 0.25) is 0 Å². The van der Waals surface area contributed by atoms with E-state index >= 15 is 0 Å². The Hall–Kier alpha value is -0.870. The highest BCUT2D eigenvalue weighted by Gasteiger charge is 2.18. The number of hydrogen-bond donors (Lipinski definition) is 1. The Bertz CT molecular complexity index is 352. The van der Waals surface area contributed by atoms with Crippen LogP contribution in [0.4, 0.5) is 0 Å². The van der Waals surface area contributed by atoms with Crippen molar-refractivity contribution in [2.24, 2.45) is 7.05 Å². The summed E-state index contributed by atoms with van der Waals surface area (Å²) in [5.41, 5.74) is 2.63. The van der Waals surface area contributed by atoms with Crippen LogP contribution in [-0.4, -0.2) is 40.4 Å². The van der Waals surface area contributed by atoms with Gasteiger partial charge in [-0.05, 0) is 32.9 Å². The van der Waals surface area contributed by atoms with E-state index in [2.05, 4.69) is 29.2 Å². The van der Waals surface area contributed by atoms with Gasteiger partial charge in [0.1, 0.15) is 0 Å². The number of nitrogens with one attached hydrogen (secondary N) is 1. The van der Waals surface area contributed by atoms with E-state index in [9.17, 15) is 0 Å². The number of aromatic nitrogens is 2. The minimum Gasteiger partial charge on any atom is -0.313 e. The zero-order chi connectivity index (χ0) is 12.3. The van der Waals surface area contributed by atoms with Crippen molar-refractivity contribution in [1.82, 2.24) is 20.0 Å². The van der Waals surface area contributed by atoms with Gasteiger partial charge in [0.05, 0.1) is 6.20 Å². The van der Waals surface area contributed by atoms with Gasteiger partial charge in [-0.3, -0.25) is 9.58 Å². The van der Waals surface area contributed by atoms with Gasteiger partial charge in [0.15, 0.2) is 0 Å². The predicted molar refractivity (Wildman–Crippen MR) is 69.9 cm³/mol. The van der Waals surface area contributed by atoms with Crippen LogP contribution in [-0.2, 0) is 13.6 Å². The molecule has 1 unspecified atom stereocenters. The largest absolute Gasteiger partial charge is 0.313 e. The van der Waals surface area contributed by atoms with E-state index in [1.54, 1.807) is 0 Å². The fourth-order valence-corrected chi connectivity index (χ4v) is 2.47. The molecule has 0 spiro atoms. The lowest BCUT2D eigenvalue weighted by atomic mass is 10.2. The van der Waals surface area contributed by atoms with Crippen molar-refractivity contribution in [3.63, 3.8) is 0 Å². The number of likely N-dealkylation sites (N-methyl/N-ethyl adjacent to an activating group) is 1. The van der Waals surface area contributed by atoms with Gasteiger partial charge in [-0.2, -0.15) is 5.10 Å². The summed E-state index contributed by atoms with van der Waals surface area (Å²) in [6.45, 7) is 8.85. The fraction of sp³-hybridized carbons (Fsp3) is 0.769. The lowest BCUT2D eigenvalue weighted by Crippen LogP contribution is -2.37. The van der Waals surface area contributed by atoms with E-state index in [0.717, 1.165) is 19.6 Å². The molecule has 2 rings (SSSR count). The van der Waals surface area contributed by atoms with Crippen molar-refractivity contribution in [3.05, 3.63) is 17.5 Å². The molecule has 0 aromatic carbocycles. The van der Waals surface area contributed by atoms with Crippen LogP contribution >= 0.6 is 0 Å². The average molecular weight is 236 g/mol. The molecule has 4 nitrogen and oxygen atoms in total. The Balaban J connectivity index is 1.92. The summed E-state index contributed by atoms with van der Waals surface area (Å²) in [5.74, 6) is 0. The van der Waals surface area contributed by atoms with Crippen LogP contribution in [0.3, 0.4) is 0 Å². The first-order valence-corrected chi connectivity index (χ1v) is 6.64. The van der Waals surface area contributed by atoms with Gasteiger partial charge in [0.25, 0.3) is 0 Å². The molecule has 0 saturated carbocycles. The lowest BCUT2D eigenvalue weighted by molar-refractivity contribution is 0.253. The van der Waals surface area contributed by atoms with Gasteiger partial charge in [-0.1, -0.05) is 6.92 Å². The maximum atomic E-state index is 4.31. The van der Waals surface area contributed by atoms with Crippen LogP contribution in [0.5, 0.6) is 0 Å². The molecule has 17 heavy (non-hydrogen) atoms. The molecule has 1 aromatic rings. The molecule has 0 bridgehead atoms. The third-order valence-corrected chi connectivity index (χ3v) is 3.82. The van der Waals surface area contributed by atoms with Crippen LogP contribution in [0.2, 0.25) is 0 Å². The number of hydrogen-bond acceptors (Lipinski definition) is 3. The van der Waals surface area contributed by atoms with Gasteiger partial charge in [-0.15, -0.1) is 0 Å². The van der Waals surface area contributed by atoms with Crippen molar-refractivity contribution in [2.45, 2.75) is 39.3 Å². The molecule has 1 N–H and O–H groups in total. The normalized spacial score (nSPS) is 20.4. The minimum atomic E-state index is 0.687. The summed E-state index contributed by atoms with van der Waals surface area (Å²) < 4.78 is 1.96. The van der Waals surface area contributed by atoms with Crippen LogP contribution < -0.4 is 5.32 Å². The topological polar surface area (TPSA) is 33.1 Å². The Morgan fingerprint density at radius 2 is 2.41 bits per heavy atom. The van der Waals surface area contributed by atoms with E-state index < -0.39 is 0 Å². The second-order valence-corrected chi connectivity index (χ2v) is 5.00. The molecule has 2 heterocycles. The van der Waals surface area contributed by atoms with Crippen molar-refractivity contribution in [1.29, 1.82) is 0 Å². The molecule has 1 atom stereocenters. The standard InChI is InChI=1S/C13H24N4/c1-4-17(10-13-6-5-7-14-13)9-12-8-15-16(3)11(12)2/h8,13-14H,4-7,9-10H2,1-3H3. The van der Waals surface area contributed by atoms with E-state index in [0.29, 0.717) is 6.04 Å². The third-order valence-electron chi connectivity index (χ3n) is 3.82. The van der Waals surface area contributed by atoms with Gasteiger partial charge >= 0.3 is 0 Å². The van der Waals surface area contributed by atoms with Gasteiger partial charge in [-0.25, -0.2) is 0 Å². The molecule has 1 aromatic heterocycles. The SMILES string of the molecule is CCN(Cc1cnn(C)c1C)CC1CCCN1. The summed E-state index contributed by atoms with van der Waals surface area (Å²) in [6, 6.07) is 0.687. The molecular weight excluding hydrogens is 212 g/mol. The first-order chi connectivity index (χ1) is 8.20. The zero-order valence-corrected chi connectivity index (χ0v) is 11.2. The van der Waals surface area contributed by atoms with Gasteiger partial charge in [0, 0.05) is 37.4 Å². The maximum Gasteiger partial charge on any atom is 0.0537 e. The average Bonchev–Trinajstić information content (AvgIpc) is 2.93. The van der Waals surface area contributed by atoms with E-state index in [1.165, 1.54) is 30.6 Å². The third kappa shape index (κ3) is 3.07. The highest BCUT2D eigenvalue weighted by Crippen LogP contribution is 2.12. The first-order valence-electron chi connectivity index (χ1n) is 6.64. The first kappa shape index (κ1) is 12.6. The van der Waals surface area contributed by atoms with Crippen LogP contribution in [0.25, 0.3) is 0 Å². The van der Waals surface area contributed by atoms with E-state index in [4.69, 9.17) is 0 Å². The second kappa shape index (κ2) is 5.65. The summed E-state index contributed by atoms with van der Waals surface area (Å²) >= 11 is 0. The Morgan fingerprint density at radius 1 is 1.59 bits per heavy atom. The molecule has 1 saturated heterocycles. The predicted octanol–water partition coefficient (Wildman–Crippen LogP) is 1.30. The minimum absolute atomic E-state index is 0.687. The molecule has 0 amide bonds. The lowest BCUT2D eigenvalue weighted by Gasteiger charge is -2.24. The Labute approximate surface area is 104 Å². The fourth-order valence-electron chi connectivity index (χ4n) is 2.47. The monoisotopic (exact) mass is 236 g/mol. The molecular formula is C13H24N4. The molecule has 96 valence electrons. The summed E-state index contributed by atoms with van der Waals surface area (Å²) in [5, 5.41) is 7.87. The van der Waals surface area contributed by atoms with Crippen molar-refractivity contribution in [3.8, 4) is 0 Å². The quantitative estimate of drug-likeness (QED) is 0.836. The molecule has 0 aliphatic carbocycles. The van der Waals surface area contributed by atoms with Crippen LogP contribution in [0.1, 0.15) is 31.0 Å². The smallest absolute Gasteiger partial charge is 0.0537 e. The molecule has 4 heteroatoms. The molecule has 1 fully saturated rings. The van der Waals surface area contributed by atoms with E-state index in [-0.39, 0.29) is 0 Å². The second-order valence-electron chi connectivity index (χ2n) is 5.00. The van der Waals surface area contributed by atoms with Crippen molar-refractivity contribution >= 4 is 0 Å². The molecule has 0 radical (unpaired) electrons. The summed E-state index contributed by atoms with van der Waals surface area (Å²) in [4.78, 5) is 2.51. The zero-order valence-electron chi connectivity index (χ0n) is 11.2. The molecule has 1 aliphatic rings. The van der Waals surface area contributed by atoms with Gasteiger partial charge < -0.3 is 5.32 Å².